The fraction of sp³-hybridized carbons (Fsp3) is 0.364. The molecule has 1 N–H and O–H groups in total. The van der Waals surface area contributed by atoms with Gasteiger partial charge in [-0.3, -0.25) is 4.79 Å². The number of sulfonamides is 1. The first-order chi connectivity index (χ1) is 19.6. The molecule has 1 heterocycles. The van der Waals surface area contributed by atoms with E-state index in [0.717, 1.165) is 29.5 Å². The number of allylic oxidation sites excluding steroid dienone is 1. The summed E-state index contributed by atoms with van der Waals surface area (Å²) in [5, 5.41) is 1.25. The van der Waals surface area contributed by atoms with Gasteiger partial charge in [-0.25, -0.2) is 13.1 Å². The van der Waals surface area contributed by atoms with Crippen molar-refractivity contribution < 1.29 is 13.2 Å². The average molecular weight is 612 g/mol. The topological polar surface area (TPSA) is 66.5 Å². The Labute approximate surface area is 253 Å². The normalized spacial score (nSPS) is 23.8. The van der Waals surface area contributed by atoms with E-state index in [9.17, 15) is 13.2 Å². The molecule has 3 aromatic carbocycles. The Hall–Kier alpha value is -2.64. The number of hydrogen-bond donors (Lipinski definition) is 1. The largest absolute Gasteiger partial charge is 0.330 e. The van der Waals surface area contributed by atoms with Crippen LogP contribution in [0.3, 0.4) is 0 Å². The molecule has 0 aromatic heterocycles. The van der Waals surface area contributed by atoms with Crippen molar-refractivity contribution in [3.8, 4) is 0 Å². The van der Waals surface area contributed by atoms with Crippen molar-refractivity contribution in [2.75, 3.05) is 6.54 Å². The van der Waals surface area contributed by atoms with E-state index < -0.39 is 15.4 Å². The molecule has 1 aliphatic carbocycles. The van der Waals surface area contributed by atoms with Gasteiger partial charge >= 0.3 is 0 Å². The maximum absolute atomic E-state index is 14.6. The minimum absolute atomic E-state index is 0.0229. The molecule has 216 valence electrons. The number of nitrogens with one attached hydrogen (secondary N) is 1. The number of carbonyl (C=O) groups is 1. The van der Waals surface area contributed by atoms with Crippen molar-refractivity contribution in [2.45, 2.75) is 56.4 Å². The van der Waals surface area contributed by atoms with E-state index in [1.54, 1.807) is 12.1 Å². The Kier molecular flexibility index (Phi) is 8.95. The first-order valence-electron chi connectivity index (χ1n) is 14.1. The molecule has 0 radical (unpaired) electrons. The number of carbonyl (C=O) groups excluding carboxylic acids is 1. The summed E-state index contributed by atoms with van der Waals surface area (Å²) in [5.41, 5.74) is 2.03. The van der Waals surface area contributed by atoms with Crippen LogP contribution in [0.2, 0.25) is 10.0 Å². The molecule has 1 saturated heterocycles. The van der Waals surface area contributed by atoms with Crippen LogP contribution >= 0.6 is 23.2 Å². The lowest BCUT2D eigenvalue weighted by molar-refractivity contribution is -0.155. The summed E-state index contributed by atoms with van der Waals surface area (Å²) in [6.45, 7) is 6.12. The van der Waals surface area contributed by atoms with Crippen LogP contribution in [-0.4, -0.2) is 31.8 Å². The van der Waals surface area contributed by atoms with Gasteiger partial charge in [-0.05, 0) is 72.6 Å². The molecular formula is C33H36Cl2N2O3S. The summed E-state index contributed by atoms with van der Waals surface area (Å²) in [7, 11) is -3.63. The van der Waals surface area contributed by atoms with Crippen LogP contribution in [0, 0.1) is 11.3 Å². The predicted molar refractivity (Wildman–Crippen MR) is 166 cm³/mol. The first kappa shape index (κ1) is 29.8. The van der Waals surface area contributed by atoms with Crippen LogP contribution in [-0.2, 0) is 20.6 Å². The van der Waals surface area contributed by atoms with E-state index in [1.807, 2.05) is 78.6 Å². The SMILES string of the molecule is C=CC[C@@]1(C)CC(c2cccc(Cl)c2)[C@@H](c2ccc(Cl)cc2)N([C@H](CNS(=O)(=O)Cc2ccccc2)C2CC2)C1=O. The standard InChI is InChI=1S/C33H36Cl2N2O3S/c1-3-18-33(2)20-29(26-10-7-11-28(35)19-26)31(25-14-16-27(34)17-15-25)37(32(33)38)30(24-12-13-24)21-36-41(39,40)22-23-8-5-4-6-9-23/h3-11,14-17,19,24,29-31,36H,1,12-13,18,20-22H2,2H3/t29?,30-,31-,33+/m1/s1. The van der Waals surface area contributed by atoms with Gasteiger partial charge < -0.3 is 4.90 Å². The molecule has 1 unspecified atom stereocenters. The van der Waals surface area contributed by atoms with E-state index in [0.29, 0.717) is 22.9 Å². The zero-order chi connectivity index (χ0) is 29.2. The van der Waals surface area contributed by atoms with Gasteiger partial charge in [0.1, 0.15) is 0 Å². The Morgan fingerprint density at radius 1 is 1.00 bits per heavy atom. The average Bonchev–Trinajstić information content (AvgIpc) is 3.77. The van der Waals surface area contributed by atoms with Crippen LogP contribution in [0.25, 0.3) is 0 Å². The molecule has 4 atom stereocenters. The van der Waals surface area contributed by atoms with Crippen molar-refractivity contribution in [3.63, 3.8) is 0 Å². The van der Waals surface area contributed by atoms with E-state index in [2.05, 4.69) is 17.4 Å². The molecule has 5 nitrogen and oxygen atoms in total. The summed E-state index contributed by atoms with van der Waals surface area (Å²) in [4.78, 5) is 16.6. The lowest BCUT2D eigenvalue weighted by Gasteiger charge is -2.52. The molecule has 5 rings (SSSR count). The van der Waals surface area contributed by atoms with E-state index in [1.165, 1.54) is 0 Å². The lowest BCUT2D eigenvalue weighted by Crippen LogP contribution is -2.58. The third kappa shape index (κ3) is 6.89. The third-order valence-corrected chi connectivity index (χ3v) is 10.2. The molecule has 8 heteroatoms. The highest BCUT2D eigenvalue weighted by Crippen LogP contribution is 2.54. The number of halogens is 2. The lowest BCUT2D eigenvalue weighted by atomic mass is 9.67. The summed E-state index contributed by atoms with van der Waals surface area (Å²) in [6.07, 6.45) is 4.83. The van der Waals surface area contributed by atoms with Crippen LogP contribution in [0.5, 0.6) is 0 Å². The van der Waals surface area contributed by atoms with Crippen molar-refractivity contribution in [1.82, 2.24) is 9.62 Å². The van der Waals surface area contributed by atoms with E-state index in [-0.39, 0.29) is 42.1 Å². The zero-order valence-electron chi connectivity index (χ0n) is 23.2. The molecule has 0 spiro atoms. The third-order valence-electron chi connectivity index (χ3n) is 8.42. The number of nitrogens with zero attached hydrogens (tertiary/aromatic N) is 1. The highest BCUT2D eigenvalue weighted by molar-refractivity contribution is 7.88. The number of hydrogen-bond acceptors (Lipinski definition) is 3. The van der Waals surface area contributed by atoms with Gasteiger partial charge in [0.05, 0.1) is 17.2 Å². The van der Waals surface area contributed by atoms with Gasteiger partial charge in [-0.15, -0.1) is 6.58 Å². The summed E-state index contributed by atoms with van der Waals surface area (Å²) >= 11 is 12.8. The molecule has 41 heavy (non-hydrogen) atoms. The fourth-order valence-electron chi connectivity index (χ4n) is 6.28. The smallest absolute Gasteiger partial charge is 0.229 e. The number of piperidine rings is 1. The monoisotopic (exact) mass is 610 g/mol. The molecular weight excluding hydrogens is 575 g/mol. The quantitative estimate of drug-likeness (QED) is 0.228. The molecule has 1 saturated carbocycles. The zero-order valence-corrected chi connectivity index (χ0v) is 25.5. The maximum Gasteiger partial charge on any atom is 0.229 e. The van der Waals surface area contributed by atoms with Gasteiger partial charge in [0.15, 0.2) is 0 Å². The summed E-state index contributed by atoms with van der Waals surface area (Å²) in [6, 6.07) is 24.0. The minimum atomic E-state index is -3.63. The second kappa shape index (κ2) is 12.3. The first-order valence-corrected chi connectivity index (χ1v) is 16.5. The molecule has 2 fully saturated rings. The minimum Gasteiger partial charge on any atom is -0.330 e. The highest BCUT2D eigenvalue weighted by Gasteiger charge is 2.53. The van der Waals surface area contributed by atoms with Gasteiger partial charge in [-0.2, -0.15) is 0 Å². The highest BCUT2D eigenvalue weighted by atomic mass is 35.5. The molecule has 0 bridgehead atoms. The number of amides is 1. The van der Waals surface area contributed by atoms with Gasteiger partial charge in [0.25, 0.3) is 0 Å². The number of rotatable bonds is 11. The summed E-state index contributed by atoms with van der Waals surface area (Å²) in [5.74, 6) is 0.0489. The van der Waals surface area contributed by atoms with E-state index >= 15 is 0 Å². The Morgan fingerprint density at radius 2 is 1.71 bits per heavy atom. The van der Waals surface area contributed by atoms with Crippen molar-refractivity contribution in [1.29, 1.82) is 0 Å². The molecule has 1 aliphatic heterocycles. The van der Waals surface area contributed by atoms with Crippen molar-refractivity contribution >= 4 is 39.1 Å². The maximum atomic E-state index is 14.6. The van der Waals surface area contributed by atoms with Gasteiger partial charge in [0.2, 0.25) is 15.9 Å². The fourth-order valence-corrected chi connectivity index (χ4v) is 7.77. The van der Waals surface area contributed by atoms with Crippen LogP contribution in [0.15, 0.2) is 91.5 Å². The second-order valence-electron chi connectivity index (χ2n) is 11.6. The number of benzene rings is 3. The van der Waals surface area contributed by atoms with Gasteiger partial charge in [-0.1, -0.05) is 90.8 Å². The van der Waals surface area contributed by atoms with Gasteiger partial charge in [0, 0.05) is 28.5 Å². The van der Waals surface area contributed by atoms with Crippen molar-refractivity contribution in [2.24, 2.45) is 11.3 Å². The molecule has 1 amide bonds. The number of likely N-dealkylation sites (tertiary alicyclic amines) is 1. The Bertz CT molecular complexity index is 1490. The van der Waals surface area contributed by atoms with Crippen LogP contribution < -0.4 is 4.72 Å². The predicted octanol–water partition coefficient (Wildman–Crippen LogP) is 7.53. The van der Waals surface area contributed by atoms with Crippen LogP contribution in [0.4, 0.5) is 0 Å². The Balaban J connectivity index is 1.56. The van der Waals surface area contributed by atoms with Crippen LogP contribution in [0.1, 0.15) is 61.3 Å². The van der Waals surface area contributed by atoms with Crippen molar-refractivity contribution in [3.05, 3.63) is 118 Å². The molecule has 3 aromatic rings. The molecule has 2 aliphatic rings. The Morgan fingerprint density at radius 3 is 2.34 bits per heavy atom. The second-order valence-corrected chi connectivity index (χ2v) is 14.3. The van der Waals surface area contributed by atoms with E-state index in [4.69, 9.17) is 23.2 Å². The summed E-state index contributed by atoms with van der Waals surface area (Å²) < 4.78 is 29.3.